The van der Waals surface area contributed by atoms with E-state index in [0.29, 0.717) is 5.56 Å². The van der Waals surface area contributed by atoms with Gasteiger partial charge < -0.3 is 5.73 Å². The van der Waals surface area contributed by atoms with Gasteiger partial charge in [0, 0.05) is 18.0 Å². The van der Waals surface area contributed by atoms with E-state index in [0.717, 1.165) is 16.7 Å². The standard InChI is InChI=1S/C11H14N2O/c1-7(4-12)11-8(2)5-13-6-10(11)9(3)14/h4-6H,12H2,1-3H3/b7-4+. The highest BCUT2D eigenvalue weighted by Crippen LogP contribution is 2.21. The zero-order valence-corrected chi connectivity index (χ0v) is 8.66. The van der Waals surface area contributed by atoms with Gasteiger partial charge in [-0.25, -0.2) is 0 Å². The predicted molar refractivity (Wildman–Crippen MR) is 56.8 cm³/mol. The van der Waals surface area contributed by atoms with Gasteiger partial charge in [-0.2, -0.15) is 0 Å². The molecule has 0 spiro atoms. The van der Waals surface area contributed by atoms with Gasteiger partial charge in [-0.05, 0) is 43.7 Å². The van der Waals surface area contributed by atoms with Gasteiger partial charge in [0.15, 0.2) is 5.78 Å². The molecular formula is C11H14N2O. The molecule has 0 radical (unpaired) electrons. The van der Waals surface area contributed by atoms with Crippen LogP contribution in [0.3, 0.4) is 0 Å². The van der Waals surface area contributed by atoms with E-state index in [1.54, 1.807) is 12.4 Å². The molecule has 0 aliphatic rings. The van der Waals surface area contributed by atoms with Gasteiger partial charge in [0.1, 0.15) is 0 Å². The van der Waals surface area contributed by atoms with Crippen LogP contribution in [0.4, 0.5) is 0 Å². The van der Waals surface area contributed by atoms with Crippen LogP contribution in [0.25, 0.3) is 5.57 Å². The smallest absolute Gasteiger partial charge is 0.161 e. The van der Waals surface area contributed by atoms with Crippen LogP contribution in [0, 0.1) is 6.92 Å². The molecule has 0 fully saturated rings. The Kier molecular flexibility index (Phi) is 3.02. The number of rotatable bonds is 2. The fourth-order valence-corrected chi connectivity index (χ4v) is 1.44. The lowest BCUT2D eigenvalue weighted by Gasteiger charge is -2.09. The van der Waals surface area contributed by atoms with E-state index in [1.807, 2.05) is 13.8 Å². The lowest BCUT2D eigenvalue weighted by Crippen LogP contribution is -2.02. The number of allylic oxidation sites excluding steroid dienone is 1. The third-order valence-corrected chi connectivity index (χ3v) is 2.16. The first kappa shape index (κ1) is 10.4. The third-order valence-electron chi connectivity index (χ3n) is 2.16. The predicted octanol–water partition coefficient (Wildman–Crippen LogP) is 1.91. The summed E-state index contributed by atoms with van der Waals surface area (Å²) in [7, 11) is 0. The van der Waals surface area contributed by atoms with Gasteiger partial charge in [-0.15, -0.1) is 0 Å². The maximum atomic E-state index is 11.3. The molecule has 0 saturated heterocycles. The largest absolute Gasteiger partial charge is 0.404 e. The summed E-state index contributed by atoms with van der Waals surface area (Å²) in [6.07, 6.45) is 4.82. The molecule has 3 heteroatoms. The zero-order valence-electron chi connectivity index (χ0n) is 8.66. The third kappa shape index (κ3) is 1.82. The number of nitrogens with two attached hydrogens (primary N) is 1. The second kappa shape index (κ2) is 4.05. The Labute approximate surface area is 83.7 Å². The molecule has 0 aliphatic heterocycles. The molecule has 0 unspecified atom stereocenters. The molecular weight excluding hydrogens is 176 g/mol. The lowest BCUT2D eigenvalue weighted by atomic mass is 9.97. The molecule has 0 aromatic carbocycles. The van der Waals surface area contributed by atoms with Crippen LogP contribution in [0.1, 0.15) is 35.3 Å². The molecule has 0 bridgehead atoms. The van der Waals surface area contributed by atoms with Crippen molar-refractivity contribution in [1.29, 1.82) is 0 Å². The minimum atomic E-state index is 0.0115. The van der Waals surface area contributed by atoms with E-state index in [9.17, 15) is 4.79 Å². The van der Waals surface area contributed by atoms with Crippen molar-refractivity contribution in [2.45, 2.75) is 20.8 Å². The van der Waals surface area contributed by atoms with Gasteiger partial charge in [0.25, 0.3) is 0 Å². The van der Waals surface area contributed by atoms with Crippen molar-refractivity contribution in [2.75, 3.05) is 0 Å². The first-order valence-corrected chi connectivity index (χ1v) is 4.42. The van der Waals surface area contributed by atoms with Crippen LogP contribution in [0.15, 0.2) is 18.6 Å². The van der Waals surface area contributed by atoms with E-state index < -0.39 is 0 Å². The molecule has 0 aliphatic carbocycles. The molecule has 0 saturated carbocycles. The molecule has 1 aromatic rings. The van der Waals surface area contributed by atoms with Gasteiger partial charge in [-0.1, -0.05) is 0 Å². The second-order valence-electron chi connectivity index (χ2n) is 3.28. The van der Waals surface area contributed by atoms with Crippen molar-refractivity contribution in [1.82, 2.24) is 4.98 Å². The minimum absolute atomic E-state index is 0.0115. The Balaban J connectivity index is 3.45. The monoisotopic (exact) mass is 190 g/mol. The Morgan fingerprint density at radius 2 is 2.07 bits per heavy atom. The number of hydrogen-bond donors (Lipinski definition) is 1. The molecule has 1 heterocycles. The number of aryl methyl sites for hydroxylation is 1. The Morgan fingerprint density at radius 1 is 1.43 bits per heavy atom. The summed E-state index contributed by atoms with van der Waals surface area (Å²) in [5.41, 5.74) is 8.84. The van der Waals surface area contributed by atoms with E-state index in [2.05, 4.69) is 4.98 Å². The van der Waals surface area contributed by atoms with E-state index in [1.165, 1.54) is 13.1 Å². The summed E-state index contributed by atoms with van der Waals surface area (Å²) in [6, 6.07) is 0. The summed E-state index contributed by atoms with van der Waals surface area (Å²) in [5.74, 6) is 0.0115. The van der Waals surface area contributed by atoms with Crippen LogP contribution in [0.5, 0.6) is 0 Å². The fraction of sp³-hybridized carbons (Fsp3) is 0.273. The van der Waals surface area contributed by atoms with Gasteiger partial charge >= 0.3 is 0 Å². The van der Waals surface area contributed by atoms with Crippen molar-refractivity contribution >= 4 is 11.4 Å². The average molecular weight is 190 g/mol. The van der Waals surface area contributed by atoms with E-state index >= 15 is 0 Å². The molecule has 2 N–H and O–H groups in total. The van der Waals surface area contributed by atoms with Crippen molar-refractivity contribution in [3.05, 3.63) is 35.3 Å². The number of aromatic nitrogens is 1. The van der Waals surface area contributed by atoms with Crippen LogP contribution >= 0.6 is 0 Å². The lowest BCUT2D eigenvalue weighted by molar-refractivity contribution is 0.101. The van der Waals surface area contributed by atoms with Crippen LogP contribution in [-0.4, -0.2) is 10.8 Å². The summed E-state index contributed by atoms with van der Waals surface area (Å²) in [5, 5.41) is 0. The van der Waals surface area contributed by atoms with Crippen LogP contribution in [0.2, 0.25) is 0 Å². The number of nitrogens with zero attached hydrogens (tertiary/aromatic N) is 1. The summed E-state index contributed by atoms with van der Waals surface area (Å²) >= 11 is 0. The number of carbonyl (C=O) groups excluding carboxylic acids is 1. The molecule has 0 atom stereocenters. The van der Waals surface area contributed by atoms with Crippen molar-refractivity contribution < 1.29 is 4.79 Å². The molecule has 0 amide bonds. The normalized spacial score (nSPS) is 11.5. The van der Waals surface area contributed by atoms with Crippen LogP contribution in [-0.2, 0) is 0 Å². The fourth-order valence-electron chi connectivity index (χ4n) is 1.44. The molecule has 1 rings (SSSR count). The highest BCUT2D eigenvalue weighted by atomic mass is 16.1. The number of pyridine rings is 1. The molecule has 14 heavy (non-hydrogen) atoms. The second-order valence-corrected chi connectivity index (χ2v) is 3.28. The number of hydrogen-bond acceptors (Lipinski definition) is 3. The highest BCUT2D eigenvalue weighted by molar-refractivity contribution is 5.99. The molecule has 3 nitrogen and oxygen atoms in total. The molecule has 1 aromatic heterocycles. The first-order valence-electron chi connectivity index (χ1n) is 4.42. The van der Waals surface area contributed by atoms with Gasteiger partial charge in [0.2, 0.25) is 0 Å². The minimum Gasteiger partial charge on any atom is -0.404 e. The van der Waals surface area contributed by atoms with Crippen molar-refractivity contribution in [2.24, 2.45) is 5.73 Å². The topological polar surface area (TPSA) is 56.0 Å². The maximum absolute atomic E-state index is 11.3. The van der Waals surface area contributed by atoms with E-state index in [-0.39, 0.29) is 5.78 Å². The zero-order chi connectivity index (χ0) is 10.7. The summed E-state index contributed by atoms with van der Waals surface area (Å²) < 4.78 is 0. The van der Waals surface area contributed by atoms with Crippen molar-refractivity contribution in [3.63, 3.8) is 0 Å². The van der Waals surface area contributed by atoms with Crippen LogP contribution < -0.4 is 5.73 Å². The van der Waals surface area contributed by atoms with Gasteiger partial charge in [0.05, 0.1) is 0 Å². The number of Topliss-reactive ketones (excluding diaryl/α,β-unsaturated/α-hetero) is 1. The Bertz CT molecular complexity index is 394. The Hall–Kier alpha value is -1.64. The highest BCUT2D eigenvalue weighted by Gasteiger charge is 2.11. The Morgan fingerprint density at radius 3 is 2.57 bits per heavy atom. The number of ketones is 1. The van der Waals surface area contributed by atoms with Gasteiger partial charge in [-0.3, -0.25) is 9.78 Å². The van der Waals surface area contributed by atoms with Crippen molar-refractivity contribution in [3.8, 4) is 0 Å². The quantitative estimate of drug-likeness (QED) is 0.725. The van der Waals surface area contributed by atoms with E-state index in [4.69, 9.17) is 5.73 Å². The maximum Gasteiger partial charge on any atom is 0.161 e. The first-order chi connectivity index (χ1) is 6.57. The SMILES string of the molecule is CC(=O)c1cncc(C)c1/C(C)=C/N. The summed E-state index contributed by atoms with van der Waals surface area (Å²) in [6.45, 7) is 5.33. The summed E-state index contributed by atoms with van der Waals surface area (Å²) in [4.78, 5) is 15.3. The molecule has 74 valence electrons. The average Bonchev–Trinajstić information content (AvgIpc) is 2.16. The number of carbonyl (C=O) groups is 1.